The van der Waals surface area contributed by atoms with E-state index in [2.05, 4.69) is 0 Å². The highest BCUT2D eigenvalue weighted by atomic mass is 16.4. The van der Waals surface area contributed by atoms with Gasteiger partial charge in [-0.3, -0.25) is 9.59 Å². The molecule has 1 aromatic carbocycles. The standard InChI is InChI=1S/C15H15NO4/c17-14(18)6-8-16(10-12-4-2-1-3-5-12)15(19)13-7-9-20-11-13/h1-5,7,9,11H,6,8,10H2,(H,17,18). The zero-order chi connectivity index (χ0) is 14.4. The summed E-state index contributed by atoms with van der Waals surface area (Å²) < 4.78 is 4.90. The number of carbonyl (C=O) groups excluding carboxylic acids is 1. The number of hydrogen-bond acceptors (Lipinski definition) is 3. The first-order valence-electron chi connectivity index (χ1n) is 6.24. The zero-order valence-corrected chi connectivity index (χ0v) is 10.9. The minimum absolute atomic E-state index is 0.0869. The van der Waals surface area contributed by atoms with Crippen molar-refractivity contribution >= 4 is 11.9 Å². The summed E-state index contributed by atoms with van der Waals surface area (Å²) in [6, 6.07) is 11.0. The molecule has 1 aromatic heterocycles. The Hall–Kier alpha value is -2.56. The number of carbonyl (C=O) groups is 2. The molecular formula is C15H15NO4. The minimum atomic E-state index is -0.928. The van der Waals surface area contributed by atoms with E-state index in [1.165, 1.54) is 17.4 Å². The molecule has 2 rings (SSSR count). The highest BCUT2D eigenvalue weighted by Crippen LogP contribution is 2.11. The summed E-state index contributed by atoms with van der Waals surface area (Å²) in [5.74, 6) is -1.16. The van der Waals surface area contributed by atoms with E-state index in [1.54, 1.807) is 6.07 Å². The average molecular weight is 273 g/mol. The molecule has 1 amide bonds. The van der Waals surface area contributed by atoms with Gasteiger partial charge < -0.3 is 14.4 Å². The number of rotatable bonds is 6. The molecule has 5 nitrogen and oxygen atoms in total. The van der Waals surface area contributed by atoms with Gasteiger partial charge in [-0.1, -0.05) is 30.3 Å². The fourth-order valence-electron chi connectivity index (χ4n) is 1.86. The summed E-state index contributed by atoms with van der Waals surface area (Å²) in [5, 5.41) is 8.78. The third-order valence-corrected chi connectivity index (χ3v) is 2.87. The van der Waals surface area contributed by atoms with Gasteiger partial charge in [-0.05, 0) is 11.6 Å². The highest BCUT2D eigenvalue weighted by molar-refractivity contribution is 5.94. The SMILES string of the molecule is O=C(O)CCN(Cc1ccccc1)C(=O)c1ccoc1. The van der Waals surface area contributed by atoms with E-state index in [9.17, 15) is 9.59 Å². The maximum atomic E-state index is 12.3. The van der Waals surface area contributed by atoms with Crippen molar-refractivity contribution in [2.45, 2.75) is 13.0 Å². The van der Waals surface area contributed by atoms with E-state index >= 15 is 0 Å². The average Bonchev–Trinajstić information content (AvgIpc) is 2.97. The van der Waals surface area contributed by atoms with Crippen LogP contribution in [0, 0.1) is 0 Å². The Labute approximate surface area is 116 Å². The van der Waals surface area contributed by atoms with E-state index in [1.807, 2.05) is 30.3 Å². The Balaban J connectivity index is 2.12. The summed E-state index contributed by atoms with van der Waals surface area (Å²) in [6.07, 6.45) is 2.70. The topological polar surface area (TPSA) is 70.8 Å². The number of nitrogens with zero attached hydrogens (tertiary/aromatic N) is 1. The molecule has 0 spiro atoms. The Morgan fingerprint density at radius 3 is 2.50 bits per heavy atom. The van der Waals surface area contributed by atoms with Gasteiger partial charge in [-0.15, -0.1) is 0 Å². The summed E-state index contributed by atoms with van der Waals surface area (Å²) in [7, 11) is 0. The smallest absolute Gasteiger partial charge is 0.305 e. The van der Waals surface area contributed by atoms with Crippen LogP contribution in [-0.4, -0.2) is 28.4 Å². The number of carboxylic acids is 1. The Morgan fingerprint density at radius 1 is 1.15 bits per heavy atom. The molecular weight excluding hydrogens is 258 g/mol. The molecule has 0 saturated carbocycles. The first kappa shape index (κ1) is 13.9. The van der Waals surface area contributed by atoms with Crippen LogP contribution in [0.5, 0.6) is 0 Å². The van der Waals surface area contributed by atoms with Crippen LogP contribution in [0.1, 0.15) is 22.3 Å². The number of benzene rings is 1. The maximum Gasteiger partial charge on any atom is 0.305 e. The molecule has 0 aliphatic carbocycles. The Morgan fingerprint density at radius 2 is 1.90 bits per heavy atom. The number of amides is 1. The van der Waals surface area contributed by atoms with Crippen LogP contribution < -0.4 is 0 Å². The van der Waals surface area contributed by atoms with E-state index in [-0.39, 0.29) is 18.9 Å². The molecule has 2 aromatic rings. The van der Waals surface area contributed by atoms with Crippen molar-refractivity contribution in [3.8, 4) is 0 Å². The molecule has 1 N–H and O–H groups in total. The van der Waals surface area contributed by atoms with Gasteiger partial charge >= 0.3 is 5.97 Å². The van der Waals surface area contributed by atoms with E-state index in [0.29, 0.717) is 12.1 Å². The fourth-order valence-corrected chi connectivity index (χ4v) is 1.86. The molecule has 0 unspecified atom stereocenters. The van der Waals surface area contributed by atoms with Crippen LogP contribution in [-0.2, 0) is 11.3 Å². The molecule has 0 radical (unpaired) electrons. The molecule has 0 bridgehead atoms. The zero-order valence-electron chi connectivity index (χ0n) is 10.9. The maximum absolute atomic E-state index is 12.3. The molecule has 0 atom stereocenters. The monoisotopic (exact) mass is 273 g/mol. The number of aliphatic carboxylic acids is 1. The lowest BCUT2D eigenvalue weighted by Crippen LogP contribution is -2.32. The lowest BCUT2D eigenvalue weighted by Gasteiger charge is -2.21. The van der Waals surface area contributed by atoms with Crippen LogP contribution in [0.3, 0.4) is 0 Å². The number of hydrogen-bond donors (Lipinski definition) is 1. The molecule has 0 aliphatic rings. The summed E-state index contributed by atoms with van der Waals surface area (Å²) >= 11 is 0. The van der Waals surface area contributed by atoms with Crippen molar-refractivity contribution in [2.24, 2.45) is 0 Å². The van der Waals surface area contributed by atoms with Crippen LogP contribution in [0.4, 0.5) is 0 Å². The van der Waals surface area contributed by atoms with Crippen molar-refractivity contribution in [1.82, 2.24) is 4.90 Å². The second-order valence-corrected chi connectivity index (χ2v) is 4.37. The van der Waals surface area contributed by atoms with Gasteiger partial charge in [-0.2, -0.15) is 0 Å². The van der Waals surface area contributed by atoms with E-state index < -0.39 is 5.97 Å². The van der Waals surface area contributed by atoms with Crippen molar-refractivity contribution in [3.05, 3.63) is 60.1 Å². The van der Waals surface area contributed by atoms with Crippen molar-refractivity contribution in [2.75, 3.05) is 6.54 Å². The number of furan rings is 1. The van der Waals surface area contributed by atoms with Gasteiger partial charge in [0.05, 0.1) is 18.2 Å². The van der Waals surface area contributed by atoms with Crippen molar-refractivity contribution in [3.63, 3.8) is 0 Å². The predicted molar refractivity (Wildman–Crippen MR) is 72.1 cm³/mol. The van der Waals surface area contributed by atoms with Crippen LogP contribution in [0.25, 0.3) is 0 Å². The lowest BCUT2D eigenvalue weighted by atomic mass is 10.2. The van der Waals surface area contributed by atoms with E-state index in [4.69, 9.17) is 9.52 Å². The third-order valence-electron chi connectivity index (χ3n) is 2.87. The summed E-state index contributed by atoms with van der Waals surface area (Å²) in [6.45, 7) is 0.534. The molecule has 0 fully saturated rings. The summed E-state index contributed by atoms with van der Waals surface area (Å²) in [5.41, 5.74) is 1.38. The first-order valence-corrected chi connectivity index (χ1v) is 6.24. The van der Waals surface area contributed by atoms with Crippen molar-refractivity contribution < 1.29 is 19.1 Å². The van der Waals surface area contributed by atoms with Crippen LogP contribution >= 0.6 is 0 Å². The molecule has 1 heterocycles. The Bertz CT molecular complexity index is 563. The largest absolute Gasteiger partial charge is 0.481 e. The first-order chi connectivity index (χ1) is 9.66. The van der Waals surface area contributed by atoms with E-state index in [0.717, 1.165) is 5.56 Å². The van der Waals surface area contributed by atoms with Crippen LogP contribution in [0.15, 0.2) is 53.3 Å². The van der Waals surface area contributed by atoms with Gasteiger partial charge in [0.25, 0.3) is 5.91 Å². The molecule has 0 saturated heterocycles. The van der Waals surface area contributed by atoms with Crippen molar-refractivity contribution in [1.29, 1.82) is 0 Å². The van der Waals surface area contributed by atoms with Gasteiger partial charge in [-0.25, -0.2) is 0 Å². The molecule has 104 valence electrons. The second-order valence-electron chi connectivity index (χ2n) is 4.37. The van der Waals surface area contributed by atoms with Gasteiger partial charge in [0, 0.05) is 13.1 Å². The molecule has 5 heteroatoms. The van der Waals surface area contributed by atoms with Gasteiger partial charge in [0.1, 0.15) is 6.26 Å². The highest BCUT2D eigenvalue weighted by Gasteiger charge is 2.18. The normalized spacial score (nSPS) is 10.2. The third kappa shape index (κ3) is 3.71. The van der Waals surface area contributed by atoms with Crippen LogP contribution in [0.2, 0.25) is 0 Å². The van der Waals surface area contributed by atoms with Gasteiger partial charge in [0.15, 0.2) is 0 Å². The predicted octanol–water partition coefficient (Wildman–Crippen LogP) is 2.40. The molecule has 0 aliphatic heterocycles. The quantitative estimate of drug-likeness (QED) is 0.877. The minimum Gasteiger partial charge on any atom is -0.481 e. The summed E-state index contributed by atoms with van der Waals surface area (Å²) in [4.78, 5) is 24.5. The fraction of sp³-hybridized carbons (Fsp3) is 0.200. The molecule has 20 heavy (non-hydrogen) atoms. The second kappa shape index (κ2) is 6.56. The Kier molecular flexibility index (Phi) is 4.55. The van der Waals surface area contributed by atoms with Gasteiger partial charge in [0.2, 0.25) is 0 Å². The lowest BCUT2D eigenvalue weighted by molar-refractivity contribution is -0.137. The number of carboxylic acid groups (broad SMARTS) is 1.